The van der Waals surface area contributed by atoms with Crippen molar-refractivity contribution in [1.29, 1.82) is 0 Å². The van der Waals surface area contributed by atoms with Crippen molar-refractivity contribution in [2.45, 2.75) is 32.7 Å². The first-order valence-corrected chi connectivity index (χ1v) is 5.58. The van der Waals surface area contributed by atoms with E-state index in [0.29, 0.717) is 5.92 Å². The molecule has 16 heavy (non-hydrogen) atoms. The maximum Gasteiger partial charge on any atom is 0.121 e. The summed E-state index contributed by atoms with van der Waals surface area (Å²) in [6, 6.07) is 2.09. The first kappa shape index (κ1) is 13.6. The van der Waals surface area contributed by atoms with Gasteiger partial charge >= 0.3 is 0 Å². The number of nitrogens with two attached hydrogens (primary N) is 1. The van der Waals surface area contributed by atoms with Crippen LogP contribution in [0.2, 0.25) is 0 Å². The standard InChI is InChI=1S/C12H19NO2.ClH/c1-8-7-11(15-9(8)2)12(13)10-3-5-14-6-4-10;/h7,10,12H,3-6,13H2,1-2H3;1H/t12-;/m1./s1. The highest BCUT2D eigenvalue weighted by Gasteiger charge is 2.24. The van der Waals surface area contributed by atoms with E-state index in [2.05, 4.69) is 13.0 Å². The van der Waals surface area contributed by atoms with E-state index in [0.717, 1.165) is 37.6 Å². The Kier molecular flexibility index (Phi) is 4.84. The summed E-state index contributed by atoms with van der Waals surface area (Å²) in [6.07, 6.45) is 2.08. The molecule has 0 amide bonds. The van der Waals surface area contributed by atoms with Gasteiger partial charge in [0.25, 0.3) is 0 Å². The van der Waals surface area contributed by atoms with Crippen LogP contribution in [0.5, 0.6) is 0 Å². The van der Waals surface area contributed by atoms with Crippen LogP contribution in [0.4, 0.5) is 0 Å². The zero-order chi connectivity index (χ0) is 10.8. The highest BCUT2D eigenvalue weighted by atomic mass is 35.5. The molecule has 0 aromatic carbocycles. The van der Waals surface area contributed by atoms with Crippen LogP contribution in [0.15, 0.2) is 10.5 Å². The van der Waals surface area contributed by atoms with E-state index in [1.54, 1.807) is 0 Å². The van der Waals surface area contributed by atoms with Crippen molar-refractivity contribution in [2.75, 3.05) is 13.2 Å². The fraction of sp³-hybridized carbons (Fsp3) is 0.667. The lowest BCUT2D eigenvalue weighted by Gasteiger charge is -2.26. The third kappa shape index (κ3) is 2.78. The minimum atomic E-state index is 0. The first-order chi connectivity index (χ1) is 7.18. The van der Waals surface area contributed by atoms with Gasteiger partial charge in [0.1, 0.15) is 11.5 Å². The number of halogens is 1. The molecule has 4 heteroatoms. The predicted octanol–water partition coefficient (Wildman–Crippen LogP) is 2.74. The molecule has 0 saturated carbocycles. The van der Waals surface area contributed by atoms with Crippen molar-refractivity contribution in [2.24, 2.45) is 11.7 Å². The Labute approximate surface area is 103 Å². The molecule has 1 aromatic rings. The molecule has 2 rings (SSSR count). The van der Waals surface area contributed by atoms with E-state index in [-0.39, 0.29) is 18.4 Å². The van der Waals surface area contributed by atoms with Gasteiger partial charge in [-0.1, -0.05) is 0 Å². The molecular weight excluding hydrogens is 226 g/mol. The maximum atomic E-state index is 6.20. The largest absolute Gasteiger partial charge is 0.464 e. The average Bonchev–Trinajstić information content (AvgIpc) is 2.59. The van der Waals surface area contributed by atoms with Gasteiger partial charge < -0.3 is 14.9 Å². The third-order valence-electron chi connectivity index (χ3n) is 3.29. The molecule has 3 nitrogen and oxygen atoms in total. The van der Waals surface area contributed by atoms with Crippen molar-refractivity contribution in [3.63, 3.8) is 0 Å². The SMILES string of the molecule is Cc1cc([C@H](N)C2CCOCC2)oc1C.Cl. The van der Waals surface area contributed by atoms with Crippen molar-refractivity contribution < 1.29 is 9.15 Å². The predicted molar refractivity (Wildman–Crippen MR) is 65.9 cm³/mol. The lowest BCUT2D eigenvalue weighted by Crippen LogP contribution is -2.27. The van der Waals surface area contributed by atoms with Crippen molar-refractivity contribution >= 4 is 12.4 Å². The van der Waals surface area contributed by atoms with Crippen LogP contribution in [-0.2, 0) is 4.74 Å². The molecule has 0 radical (unpaired) electrons. The molecule has 1 fully saturated rings. The third-order valence-corrected chi connectivity index (χ3v) is 3.29. The van der Waals surface area contributed by atoms with Gasteiger partial charge in [-0.3, -0.25) is 0 Å². The number of furan rings is 1. The van der Waals surface area contributed by atoms with Crippen molar-refractivity contribution in [3.05, 3.63) is 23.2 Å². The van der Waals surface area contributed by atoms with Crippen LogP contribution in [-0.4, -0.2) is 13.2 Å². The Hall–Kier alpha value is -0.510. The minimum Gasteiger partial charge on any atom is -0.464 e. The van der Waals surface area contributed by atoms with E-state index >= 15 is 0 Å². The molecule has 0 aliphatic carbocycles. The molecule has 92 valence electrons. The summed E-state index contributed by atoms with van der Waals surface area (Å²) in [6.45, 7) is 5.70. The van der Waals surface area contributed by atoms with Crippen LogP contribution >= 0.6 is 12.4 Å². The van der Waals surface area contributed by atoms with Gasteiger partial charge in [-0.15, -0.1) is 12.4 Å². The van der Waals surface area contributed by atoms with Crippen LogP contribution in [0.3, 0.4) is 0 Å². The molecule has 2 N–H and O–H groups in total. The second-order valence-corrected chi connectivity index (χ2v) is 4.36. The van der Waals surface area contributed by atoms with E-state index in [1.165, 1.54) is 5.56 Å². The molecule has 1 saturated heterocycles. The Morgan fingerprint density at radius 3 is 2.44 bits per heavy atom. The quantitative estimate of drug-likeness (QED) is 0.872. The summed E-state index contributed by atoms with van der Waals surface area (Å²) >= 11 is 0. The van der Waals surface area contributed by atoms with Gasteiger partial charge in [0.15, 0.2) is 0 Å². The number of hydrogen-bond acceptors (Lipinski definition) is 3. The Morgan fingerprint density at radius 2 is 1.94 bits per heavy atom. The molecule has 1 aliphatic rings. The van der Waals surface area contributed by atoms with Crippen LogP contribution in [0, 0.1) is 19.8 Å². The summed E-state index contributed by atoms with van der Waals surface area (Å²) in [7, 11) is 0. The van der Waals surface area contributed by atoms with Gasteiger partial charge in [0.05, 0.1) is 6.04 Å². The normalized spacial score (nSPS) is 19.2. The van der Waals surface area contributed by atoms with Gasteiger partial charge in [0.2, 0.25) is 0 Å². The van der Waals surface area contributed by atoms with Crippen molar-refractivity contribution in [3.8, 4) is 0 Å². The number of aryl methyl sites for hydroxylation is 2. The molecule has 2 heterocycles. The topological polar surface area (TPSA) is 48.4 Å². The maximum absolute atomic E-state index is 6.20. The van der Waals surface area contributed by atoms with Crippen LogP contribution in [0.1, 0.15) is 36.0 Å². The Balaban J connectivity index is 0.00000128. The first-order valence-electron chi connectivity index (χ1n) is 5.58. The van der Waals surface area contributed by atoms with Gasteiger partial charge in [-0.2, -0.15) is 0 Å². The highest BCUT2D eigenvalue weighted by molar-refractivity contribution is 5.85. The Bertz CT molecular complexity index is 312. The zero-order valence-corrected chi connectivity index (χ0v) is 10.7. The monoisotopic (exact) mass is 245 g/mol. The van der Waals surface area contributed by atoms with Gasteiger partial charge in [-0.05, 0) is 44.2 Å². The number of rotatable bonds is 2. The second kappa shape index (κ2) is 5.71. The van der Waals surface area contributed by atoms with Crippen molar-refractivity contribution in [1.82, 2.24) is 0 Å². The second-order valence-electron chi connectivity index (χ2n) is 4.36. The molecular formula is C12H20ClNO2. The average molecular weight is 246 g/mol. The molecule has 0 spiro atoms. The molecule has 1 aliphatic heterocycles. The van der Waals surface area contributed by atoms with Crippen LogP contribution < -0.4 is 5.73 Å². The number of hydrogen-bond donors (Lipinski definition) is 1. The summed E-state index contributed by atoms with van der Waals surface area (Å²) in [5.41, 5.74) is 7.39. The van der Waals surface area contributed by atoms with Gasteiger partial charge in [-0.25, -0.2) is 0 Å². The lowest BCUT2D eigenvalue weighted by atomic mass is 9.91. The van der Waals surface area contributed by atoms with E-state index in [4.69, 9.17) is 14.9 Å². The molecule has 0 unspecified atom stereocenters. The molecule has 0 bridgehead atoms. The highest BCUT2D eigenvalue weighted by Crippen LogP contribution is 2.30. The summed E-state index contributed by atoms with van der Waals surface area (Å²) in [5.74, 6) is 2.41. The van der Waals surface area contributed by atoms with E-state index in [1.807, 2.05) is 6.92 Å². The lowest BCUT2D eigenvalue weighted by molar-refractivity contribution is 0.0559. The minimum absolute atomic E-state index is 0. The fourth-order valence-corrected chi connectivity index (χ4v) is 2.07. The smallest absolute Gasteiger partial charge is 0.121 e. The van der Waals surface area contributed by atoms with E-state index in [9.17, 15) is 0 Å². The Morgan fingerprint density at radius 1 is 1.31 bits per heavy atom. The van der Waals surface area contributed by atoms with E-state index < -0.39 is 0 Å². The van der Waals surface area contributed by atoms with Gasteiger partial charge in [0, 0.05) is 13.2 Å². The summed E-state index contributed by atoms with van der Waals surface area (Å²) < 4.78 is 11.0. The zero-order valence-electron chi connectivity index (χ0n) is 9.86. The molecule has 1 aromatic heterocycles. The molecule has 1 atom stereocenters. The summed E-state index contributed by atoms with van der Waals surface area (Å²) in [5, 5.41) is 0. The number of ether oxygens (including phenoxy) is 1. The summed E-state index contributed by atoms with van der Waals surface area (Å²) in [4.78, 5) is 0. The van der Waals surface area contributed by atoms with Crippen LogP contribution in [0.25, 0.3) is 0 Å². The fourth-order valence-electron chi connectivity index (χ4n) is 2.07.